The summed E-state index contributed by atoms with van der Waals surface area (Å²) in [5.74, 6) is -2.78. The quantitative estimate of drug-likeness (QED) is 0.309. The summed E-state index contributed by atoms with van der Waals surface area (Å²) < 4.78 is 5.89. The van der Waals surface area contributed by atoms with Gasteiger partial charge in [0.05, 0.1) is 12.2 Å². The van der Waals surface area contributed by atoms with Crippen molar-refractivity contribution in [2.45, 2.75) is 32.7 Å². The summed E-state index contributed by atoms with van der Waals surface area (Å²) in [6.07, 6.45) is 2.65. The van der Waals surface area contributed by atoms with Crippen LogP contribution in [-0.4, -0.2) is 77.1 Å². The van der Waals surface area contributed by atoms with Crippen molar-refractivity contribution in [2.24, 2.45) is 0 Å². The second-order valence-corrected chi connectivity index (χ2v) is 8.04. The zero-order chi connectivity index (χ0) is 24.8. The number of carbonyl (C=O) groups is 3. The minimum absolute atomic E-state index is 0.143. The molecule has 0 spiro atoms. The van der Waals surface area contributed by atoms with Crippen LogP contribution in [0.5, 0.6) is 5.75 Å². The van der Waals surface area contributed by atoms with Crippen molar-refractivity contribution in [2.75, 3.05) is 39.3 Å². The number of ketones is 1. The van der Waals surface area contributed by atoms with E-state index in [1.807, 2.05) is 31.2 Å². The lowest BCUT2D eigenvalue weighted by molar-refractivity contribution is -0.159. The van der Waals surface area contributed by atoms with Gasteiger partial charge in [-0.15, -0.1) is 0 Å². The van der Waals surface area contributed by atoms with Crippen LogP contribution in [0.1, 0.15) is 42.1 Å². The molecule has 1 fully saturated rings. The summed E-state index contributed by atoms with van der Waals surface area (Å²) in [6.45, 7) is 9.29. The number of piperazine rings is 1. The van der Waals surface area contributed by atoms with Crippen molar-refractivity contribution in [3.63, 3.8) is 0 Å². The molecule has 0 unspecified atom stereocenters. The third kappa shape index (κ3) is 9.72. The number of unbranched alkanes of at least 4 members (excludes halogenated alkanes) is 1. The molecule has 1 aliphatic rings. The number of nitrogens with zero attached hydrogens (tertiary/aromatic N) is 2. The van der Waals surface area contributed by atoms with Gasteiger partial charge in [-0.2, -0.15) is 0 Å². The molecule has 1 saturated heterocycles. The van der Waals surface area contributed by atoms with E-state index < -0.39 is 11.9 Å². The van der Waals surface area contributed by atoms with E-state index in [9.17, 15) is 4.79 Å². The number of rotatable bonds is 10. The highest BCUT2D eigenvalue weighted by Crippen LogP contribution is 2.20. The van der Waals surface area contributed by atoms with Crippen LogP contribution in [0.2, 0.25) is 0 Å². The second-order valence-electron chi connectivity index (χ2n) is 8.04. The fourth-order valence-corrected chi connectivity index (χ4v) is 3.65. The minimum atomic E-state index is -1.82. The second kappa shape index (κ2) is 14.8. The normalized spacial score (nSPS) is 14.0. The molecular weight excluding hydrogens is 436 g/mol. The summed E-state index contributed by atoms with van der Waals surface area (Å²) in [5.41, 5.74) is 2.11. The topological polar surface area (TPSA) is 107 Å². The van der Waals surface area contributed by atoms with E-state index in [0.717, 1.165) is 57.9 Å². The smallest absolute Gasteiger partial charge is 0.414 e. The van der Waals surface area contributed by atoms with Gasteiger partial charge in [-0.1, -0.05) is 49.4 Å². The first kappa shape index (κ1) is 27.0. The van der Waals surface area contributed by atoms with Gasteiger partial charge in [0.1, 0.15) is 5.75 Å². The van der Waals surface area contributed by atoms with Crippen LogP contribution in [0.4, 0.5) is 0 Å². The average molecular weight is 471 g/mol. The maximum absolute atomic E-state index is 12.0. The lowest BCUT2D eigenvalue weighted by Gasteiger charge is -2.34. The predicted octanol–water partition coefficient (Wildman–Crippen LogP) is 3.41. The van der Waals surface area contributed by atoms with E-state index in [-0.39, 0.29) is 5.78 Å². The third-order valence-corrected chi connectivity index (χ3v) is 5.53. The van der Waals surface area contributed by atoms with Gasteiger partial charge in [-0.25, -0.2) is 9.59 Å². The summed E-state index contributed by atoms with van der Waals surface area (Å²) in [5, 5.41) is 14.8. The Labute approximate surface area is 200 Å². The molecule has 34 heavy (non-hydrogen) atoms. The zero-order valence-corrected chi connectivity index (χ0v) is 19.7. The molecule has 0 radical (unpaired) electrons. The molecule has 1 aliphatic heterocycles. The SMILES string of the molecule is CCC(=O)c1ccccc1OCCCCN1CCN(Cc2ccccc2)CC1.O=C(O)C(=O)O. The number of carboxylic acid groups (broad SMARTS) is 2. The van der Waals surface area contributed by atoms with Crippen molar-refractivity contribution >= 4 is 17.7 Å². The van der Waals surface area contributed by atoms with Crippen molar-refractivity contribution < 1.29 is 29.3 Å². The van der Waals surface area contributed by atoms with E-state index >= 15 is 0 Å². The number of benzene rings is 2. The molecule has 0 bridgehead atoms. The number of hydrogen-bond donors (Lipinski definition) is 2. The molecule has 0 saturated carbocycles. The molecule has 184 valence electrons. The molecule has 0 amide bonds. The standard InChI is InChI=1S/C24H32N2O2.C2H2O4/c1-2-23(27)22-12-6-7-13-24(22)28-19-9-8-14-25-15-17-26(18-16-25)20-21-10-4-3-5-11-21;3-1(4)2(5)6/h3-7,10-13H,2,8-9,14-20H2,1H3;(H,3,4)(H,5,6). The Morgan fingerprint density at radius 3 is 2.03 bits per heavy atom. The summed E-state index contributed by atoms with van der Waals surface area (Å²) in [4.78, 5) is 35.3. The predicted molar refractivity (Wildman–Crippen MR) is 129 cm³/mol. The first-order valence-electron chi connectivity index (χ1n) is 11.6. The van der Waals surface area contributed by atoms with Gasteiger partial charge in [-0.05, 0) is 37.1 Å². The van der Waals surface area contributed by atoms with E-state index in [4.69, 9.17) is 24.5 Å². The van der Waals surface area contributed by atoms with Gasteiger partial charge in [0.15, 0.2) is 5.78 Å². The van der Waals surface area contributed by atoms with Crippen LogP contribution in [0.15, 0.2) is 54.6 Å². The molecule has 0 aliphatic carbocycles. The van der Waals surface area contributed by atoms with Crippen LogP contribution < -0.4 is 4.74 Å². The highest BCUT2D eigenvalue weighted by atomic mass is 16.5. The van der Waals surface area contributed by atoms with Crippen LogP contribution in [-0.2, 0) is 16.1 Å². The van der Waals surface area contributed by atoms with Gasteiger partial charge in [0, 0.05) is 39.1 Å². The lowest BCUT2D eigenvalue weighted by Crippen LogP contribution is -2.46. The molecule has 1 heterocycles. The first-order chi connectivity index (χ1) is 16.4. The minimum Gasteiger partial charge on any atom is -0.493 e. The molecule has 3 rings (SSSR count). The Balaban J connectivity index is 0.000000604. The van der Waals surface area contributed by atoms with E-state index in [1.54, 1.807) is 0 Å². The molecule has 0 aromatic heterocycles. The van der Waals surface area contributed by atoms with E-state index in [1.165, 1.54) is 5.56 Å². The summed E-state index contributed by atoms with van der Waals surface area (Å²) in [7, 11) is 0. The summed E-state index contributed by atoms with van der Waals surface area (Å²) >= 11 is 0. The first-order valence-corrected chi connectivity index (χ1v) is 11.6. The fourth-order valence-electron chi connectivity index (χ4n) is 3.65. The maximum atomic E-state index is 12.0. The van der Waals surface area contributed by atoms with Crippen molar-refractivity contribution in [1.82, 2.24) is 9.80 Å². The highest BCUT2D eigenvalue weighted by Gasteiger charge is 2.16. The largest absolute Gasteiger partial charge is 0.493 e. The monoisotopic (exact) mass is 470 g/mol. The molecule has 2 aromatic rings. The molecule has 0 atom stereocenters. The van der Waals surface area contributed by atoms with Gasteiger partial charge in [0.2, 0.25) is 0 Å². The Morgan fingerprint density at radius 1 is 0.824 bits per heavy atom. The van der Waals surface area contributed by atoms with Crippen molar-refractivity contribution in [3.8, 4) is 5.75 Å². The molecule has 8 nitrogen and oxygen atoms in total. The zero-order valence-electron chi connectivity index (χ0n) is 19.7. The Kier molecular flexibility index (Phi) is 11.8. The van der Waals surface area contributed by atoms with E-state index in [2.05, 4.69) is 40.1 Å². The lowest BCUT2D eigenvalue weighted by atomic mass is 10.1. The highest BCUT2D eigenvalue weighted by molar-refractivity contribution is 6.27. The van der Waals surface area contributed by atoms with Gasteiger partial charge < -0.3 is 19.8 Å². The maximum Gasteiger partial charge on any atom is 0.414 e. The third-order valence-electron chi connectivity index (χ3n) is 5.53. The number of aliphatic carboxylic acids is 2. The number of Topliss-reactive ketones (excluding diaryl/α,β-unsaturated/α-hetero) is 1. The Bertz CT molecular complexity index is 899. The number of carbonyl (C=O) groups excluding carboxylic acids is 1. The van der Waals surface area contributed by atoms with Crippen molar-refractivity contribution in [1.29, 1.82) is 0 Å². The van der Waals surface area contributed by atoms with Crippen LogP contribution in [0, 0.1) is 0 Å². The fraction of sp³-hybridized carbons (Fsp3) is 0.423. The molecule has 8 heteroatoms. The van der Waals surface area contributed by atoms with Crippen LogP contribution in [0.25, 0.3) is 0 Å². The Morgan fingerprint density at radius 2 is 1.41 bits per heavy atom. The molecule has 2 N–H and O–H groups in total. The Hall–Kier alpha value is -3.23. The number of para-hydroxylation sites is 1. The number of carboxylic acids is 2. The number of hydrogen-bond acceptors (Lipinski definition) is 6. The van der Waals surface area contributed by atoms with E-state index in [0.29, 0.717) is 18.6 Å². The summed E-state index contributed by atoms with van der Waals surface area (Å²) in [6, 6.07) is 18.3. The average Bonchev–Trinajstić information content (AvgIpc) is 2.85. The van der Waals surface area contributed by atoms with Crippen molar-refractivity contribution in [3.05, 3.63) is 65.7 Å². The van der Waals surface area contributed by atoms with Crippen LogP contribution in [0.3, 0.4) is 0 Å². The van der Waals surface area contributed by atoms with Crippen LogP contribution >= 0.6 is 0 Å². The number of ether oxygens (including phenoxy) is 1. The molecule has 2 aromatic carbocycles. The van der Waals surface area contributed by atoms with Gasteiger partial charge >= 0.3 is 11.9 Å². The van der Waals surface area contributed by atoms with Gasteiger partial charge in [-0.3, -0.25) is 9.69 Å². The van der Waals surface area contributed by atoms with Gasteiger partial charge in [0.25, 0.3) is 0 Å². The molecular formula is C26H34N2O6.